The normalized spacial score (nSPS) is 22.6. The Balaban J connectivity index is 1.93. The van der Waals surface area contributed by atoms with Crippen molar-refractivity contribution in [2.24, 2.45) is 0 Å². The molecule has 0 saturated heterocycles. The molecule has 1 N–H and O–H groups in total. The first-order chi connectivity index (χ1) is 9.61. The fraction of sp³-hybridized carbons (Fsp3) is 0.625. The second-order valence-corrected chi connectivity index (χ2v) is 5.67. The highest BCUT2D eigenvalue weighted by Gasteiger charge is 2.26. The second-order valence-electron chi connectivity index (χ2n) is 5.67. The van der Waals surface area contributed by atoms with Crippen molar-refractivity contribution in [1.29, 1.82) is 0 Å². The van der Waals surface area contributed by atoms with Gasteiger partial charge in [0.25, 0.3) is 5.91 Å². The third kappa shape index (κ3) is 3.57. The summed E-state index contributed by atoms with van der Waals surface area (Å²) in [5.41, 5.74) is 1.63. The molecule has 1 aliphatic carbocycles. The van der Waals surface area contributed by atoms with E-state index in [0.29, 0.717) is 17.6 Å². The molecule has 2 rings (SSSR count). The summed E-state index contributed by atoms with van der Waals surface area (Å²) in [5, 5.41) is 3.50. The van der Waals surface area contributed by atoms with Crippen LogP contribution >= 0.6 is 0 Å². The van der Waals surface area contributed by atoms with Crippen molar-refractivity contribution >= 4 is 5.91 Å². The largest absolute Gasteiger partial charge is 0.339 e. The maximum absolute atomic E-state index is 12.4. The number of pyridine rings is 1. The van der Waals surface area contributed by atoms with E-state index < -0.39 is 0 Å². The maximum Gasteiger partial charge on any atom is 0.255 e. The average Bonchev–Trinajstić information content (AvgIpc) is 2.48. The fourth-order valence-corrected chi connectivity index (χ4v) is 2.92. The molecule has 4 nitrogen and oxygen atoms in total. The van der Waals surface area contributed by atoms with Crippen LogP contribution < -0.4 is 5.32 Å². The van der Waals surface area contributed by atoms with E-state index in [4.69, 9.17) is 0 Å². The zero-order chi connectivity index (χ0) is 14.5. The predicted molar refractivity (Wildman–Crippen MR) is 80.8 cm³/mol. The summed E-state index contributed by atoms with van der Waals surface area (Å²) in [6, 6.07) is 4.74. The van der Waals surface area contributed by atoms with E-state index in [1.54, 1.807) is 6.20 Å². The molecule has 0 bridgehead atoms. The highest BCUT2D eigenvalue weighted by atomic mass is 16.2. The fourth-order valence-electron chi connectivity index (χ4n) is 2.92. The van der Waals surface area contributed by atoms with Gasteiger partial charge in [-0.25, -0.2) is 0 Å². The third-order valence-electron chi connectivity index (χ3n) is 4.22. The molecule has 110 valence electrons. The first kappa shape index (κ1) is 15.0. The Labute approximate surface area is 121 Å². The van der Waals surface area contributed by atoms with Crippen LogP contribution in [0.25, 0.3) is 0 Å². The number of carbonyl (C=O) groups is 1. The van der Waals surface area contributed by atoms with Crippen molar-refractivity contribution in [3.05, 3.63) is 29.6 Å². The summed E-state index contributed by atoms with van der Waals surface area (Å²) in [5.74, 6) is 0.0874. The predicted octanol–water partition coefficient (Wildman–Crippen LogP) is 2.38. The number of hydrogen-bond donors (Lipinski definition) is 1. The van der Waals surface area contributed by atoms with Gasteiger partial charge in [-0.05, 0) is 51.3 Å². The third-order valence-corrected chi connectivity index (χ3v) is 4.22. The molecule has 0 unspecified atom stereocenters. The number of nitrogens with one attached hydrogen (secondary N) is 1. The van der Waals surface area contributed by atoms with Crippen LogP contribution in [0.2, 0.25) is 0 Å². The van der Waals surface area contributed by atoms with Gasteiger partial charge in [-0.2, -0.15) is 0 Å². The van der Waals surface area contributed by atoms with Gasteiger partial charge in [-0.15, -0.1) is 0 Å². The second kappa shape index (κ2) is 6.84. The van der Waals surface area contributed by atoms with Gasteiger partial charge in [0.1, 0.15) is 0 Å². The van der Waals surface area contributed by atoms with Crippen molar-refractivity contribution in [3.8, 4) is 0 Å². The van der Waals surface area contributed by atoms with Gasteiger partial charge in [-0.1, -0.05) is 6.92 Å². The van der Waals surface area contributed by atoms with Crippen LogP contribution in [0.4, 0.5) is 0 Å². The molecule has 1 fully saturated rings. The van der Waals surface area contributed by atoms with E-state index in [9.17, 15) is 4.79 Å². The van der Waals surface area contributed by atoms with Gasteiger partial charge in [0.15, 0.2) is 0 Å². The Kier molecular flexibility index (Phi) is 5.12. The quantitative estimate of drug-likeness (QED) is 0.917. The highest BCUT2D eigenvalue weighted by molar-refractivity contribution is 5.93. The van der Waals surface area contributed by atoms with E-state index >= 15 is 0 Å². The summed E-state index contributed by atoms with van der Waals surface area (Å²) in [7, 11) is 1.92. The van der Waals surface area contributed by atoms with Gasteiger partial charge < -0.3 is 10.2 Å². The molecule has 0 spiro atoms. The lowest BCUT2D eigenvalue weighted by Gasteiger charge is -2.35. The minimum absolute atomic E-state index is 0.0874. The van der Waals surface area contributed by atoms with Gasteiger partial charge >= 0.3 is 0 Å². The van der Waals surface area contributed by atoms with Crippen molar-refractivity contribution in [1.82, 2.24) is 15.2 Å². The molecule has 1 aliphatic rings. The van der Waals surface area contributed by atoms with E-state index in [1.165, 1.54) is 0 Å². The Bertz CT molecular complexity index is 436. The average molecular weight is 275 g/mol. The Morgan fingerprint density at radius 2 is 2.05 bits per heavy atom. The summed E-state index contributed by atoms with van der Waals surface area (Å²) < 4.78 is 0. The molecule has 1 amide bonds. The summed E-state index contributed by atoms with van der Waals surface area (Å²) in [6.07, 6.45) is 6.15. The first-order valence-corrected chi connectivity index (χ1v) is 7.55. The van der Waals surface area contributed by atoms with Crippen molar-refractivity contribution in [3.63, 3.8) is 0 Å². The zero-order valence-corrected chi connectivity index (χ0v) is 12.7. The Hall–Kier alpha value is -1.42. The van der Waals surface area contributed by atoms with Gasteiger partial charge in [0.2, 0.25) is 0 Å². The smallest absolute Gasteiger partial charge is 0.255 e. The maximum atomic E-state index is 12.4. The molecule has 0 atom stereocenters. The van der Waals surface area contributed by atoms with Gasteiger partial charge in [0.05, 0.1) is 5.56 Å². The molecular weight excluding hydrogens is 250 g/mol. The van der Waals surface area contributed by atoms with Crippen molar-refractivity contribution < 1.29 is 4.79 Å². The van der Waals surface area contributed by atoms with E-state index in [-0.39, 0.29) is 5.91 Å². The minimum Gasteiger partial charge on any atom is -0.339 e. The van der Waals surface area contributed by atoms with Gasteiger partial charge in [0, 0.05) is 31.0 Å². The number of aryl methyl sites for hydroxylation is 1. The molecule has 0 aliphatic heterocycles. The molecule has 20 heavy (non-hydrogen) atoms. The van der Waals surface area contributed by atoms with Crippen LogP contribution in [-0.4, -0.2) is 41.5 Å². The lowest BCUT2D eigenvalue weighted by atomic mass is 9.90. The number of amides is 1. The lowest BCUT2D eigenvalue weighted by molar-refractivity contribution is 0.0684. The highest BCUT2D eigenvalue weighted by Crippen LogP contribution is 2.23. The molecule has 0 aromatic carbocycles. The van der Waals surface area contributed by atoms with Crippen LogP contribution in [0.15, 0.2) is 18.3 Å². The monoisotopic (exact) mass is 275 g/mol. The summed E-state index contributed by atoms with van der Waals surface area (Å²) in [6.45, 7) is 5.10. The molecular formula is C16H25N3O. The van der Waals surface area contributed by atoms with Crippen LogP contribution in [0.3, 0.4) is 0 Å². The number of carbonyl (C=O) groups excluding carboxylic acids is 1. The Morgan fingerprint density at radius 3 is 2.60 bits per heavy atom. The SMILES string of the molecule is CCNC1CCC(N(C)C(=O)c2ccc(C)nc2)CC1. The van der Waals surface area contributed by atoms with E-state index in [0.717, 1.165) is 37.9 Å². The molecule has 4 heteroatoms. The van der Waals surface area contributed by atoms with Crippen LogP contribution in [0.1, 0.15) is 48.7 Å². The number of hydrogen-bond acceptors (Lipinski definition) is 3. The molecule has 0 radical (unpaired) electrons. The topological polar surface area (TPSA) is 45.2 Å². The van der Waals surface area contributed by atoms with Crippen molar-refractivity contribution in [2.75, 3.05) is 13.6 Å². The number of aromatic nitrogens is 1. The van der Waals surface area contributed by atoms with Crippen molar-refractivity contribution in [2.45, 2.75) is 51.6 Å². The summed E-state index contributed by atoms with van der Waals surface area (Å²) in [4.78, 5) is 18.5. The lowest BCUT2D eigenvalue weighted by Crippen LogP contribution is -2.43. The van der Waals surface area contributed by atoms with Gasteiger partial charge in [-0.3, -0.25) is 9.78 Å². The number of nitrogens with zero attached hydrogens (tertiary/aromatic N) is 2. The zero-order valence-electron chi connectivity index (χ0n) is 12.7. The first-order valence-electron chi connectivity index (χ1n) is 7.55. The van der Waals surface area contributed by atoms with Crippen LogP contribution in [0.5, 0.6) is 0 Å². The molecule has 1 aromatic rings. The number of rotatable bonds is 4. The molecule has 1 aromatic heterocycles. The molecule has 1 saturated carbocycles. The summed E-state index contributed by atoms with van der Waals surface area (Å²) >= 11 is 0. The van der Waals surface area contributed by atoms with Crippen LogP contribution in [0, 0.1) is 6.92 Å². The Morgan fingerprint density at radius 1 is 1.35 bits per heavy atom. The van der Waals surface area contributed by atoms with Crippen LogP contribution in [-0.2, 0) is 0 Å². The van der Waals surface area contributed by atoms with E-state index in [2.05, 4.69) is 17.2 Å². The standard InChI is InChI=1S/C16H25N3O/c1-4-17-14-7-9-15(10-8-14)19(3)16(20)13-6-5-12(2)18-11-13/h5-6,11,14-15,17H,4,7-10H2,1-3H3. The molecule has 1 heterocycles. The minimum atomic E-state index is 0.0874. The van der Waals surface area contributed by atoms with E-state index in [1.807, 2.05) is 31.0 Å².